The van der Waals surface area contributed by atoms with Gasteiger partial charge in [0.25, 0.3) is 5.91 Å². The standard InChI is InChI=1S/C19H18F2N2O3/c1-12-8-16-18(26-12)10-17(19(24)22-4-6-25-7-5-22)23(16)11-13-2-3-14(20)15(21)9-13/h2-3,8-10H,4-7,11H2,1H3. The van der Waals surface area contributed by atoms with Crippen LogP contribution in [0.3, 0.4) is 0 Å². The van der Waals surface area contributed by atoms with Gasteiger partial charge in [-0.15, -0.1) is 0 Å². The zero-order valence-corrected chi connectivity index (χ0v) is 14.3. The second kappa shape index (κ2) is 6.57. The van der Waals surface area contributed by atoms with E-state index >= 15 is 0 Å². The van der Waals surface area contributed by atoms with Gasteiger partial charge in [-0.2, -0.15) is 0 Å². The van der Waals surface area contributed by atoms with Gasteiger partial charge in [-0.3, -0.25) is 4.79 Å². The van der Waals surface area contributed by atoms with Crippen molar-refractivity contribution in [1.29, 1.82) is 0 Å². The number of halogens is 2. The topological polar surface area (TPSA) is 47.6 Å². The molecule has 0 atom stereocenters. The van der Waals surface area contributed by atoms with E-state index < -0.39 is 11.6 Å². The zero-order valence-electron chi connectivity index (χ0n) is 14.3. The number of amides is 1. The molecule has 0 radical (unpaired) electrons. The molecule has 0 bridgehead atoms. The Kier molecular flexibility index (Phi) is 4.24. The van der Waals surface area contributed by atoms with E-state index in [1.54, 1.807) is 15.5 Å². The fourth-order valence-electron chi connectivity index (χ4n) is 3.26. The molecule has 1 aliphatic heterocycles. The number of benzene rings is 1. The van der Waals surface area contributed by atoms with Crippen LogP contribution in [0.2, 0.25) is 0 Å². The Hall–Kier alpha value is -2.67. The normalized spacial score (nSPS) is 15.0. The van der Waals surface area contributed by atoms with E-state index in [9.17, 15) is 13.6 Å². The van der Waals surface area contributed by atoms with Gasteiger partial charge in [-0.25, -0.2) is 8.78 Å². The predicted molar refractivity (Wildman–Crippen MR) is 91.1 cm³/mol. The molecule has 1 fully saturated rings. The number of nitrogens with zero attached hydrogens (tertiary/aromatic N) is 2. The minimum absolute atomic E-state index is 0.125. The van der Waals surface area contributed by atoms with Crippen LogP contribution in [0.1, 0.15) is 21.8 Å². The first-order valence-electron chi connectivity index (χ1n) is 8.43. The third kappa shape index (κ3) is 2.99. The molecule has 1 aliphatic rings. The molecule has 0 unspecified atom stereocenters. The number of aromatic nitrogens is 1. The Balaban J connectivity index is 1.75. The lowest BCUT2D eigenvalue weighted by atomic mass is 10.2. The monoisotopic (exact) mass is 360 g/mol. The highest BCUT2D eigenvalue weighted by Crippen LogP contribution is 2.26. The number of carbonyl (C=O) groups excluding carboxylic acids is 1. The van der Waals surface area contributed by atoms with Crippen molar-refractivity contribution in [2.24, 2.45) is 0 Å². The van der Waals surface area contributed by atoms with Crippen molar-refractivity contribution in [2.75, 3.05) is 26.3 Å². The lowest BCUT2D eigenvalue weighted by Crippen LogP contribution is -2.41. The number of fused-ring (bicyclic) bond motifs is 1. The quantitative estimate of drug-likeness (QED) is 0.720. The van der Waals surface area contributed by atoms with Crippen LogP contribution >= 0.6 is 0 Å². The van der Waals surface area contributed by atoms with E-state index in [1.807, 2.05) is 13.0 Å². The summed E-state index contributed by atoms with van der Waals surface area (Å²) in [5.74, 6) is -1.20. The lowest BCUT2D eigenvalue weighted by molar-refractivity contribution is 0.0296. The Labute approximate surface area is 148 Å². The second-order valence-corrected chi connectivity index (χ2v) is 6.38. The summed E-state index contributed by atoms with van der Waals surface area (Å²) in [6.07, 6.45) is 0. The highest BCUT2D eigenvalue weighted by Gasteiger charge is 2.24. The number of aryl methyl sites for hydroxylation is 1. The van der Waals surface area contributed by atoms with Crippen LogP contribution in [0, 0.1) is 18.6 Å². The van der Waals surface area contributed by atoms with Crippen molar-refractivity contribution < 1.29 is 22.7 Å². The van der Waals surface area contributed by atoms with Crippen molar-refractivity contribution in [3.8, 4) is 0 Å². The molecule has 2 aromatic heterocycles. The summed E-state index contributed by atoms with van der Waals surface area (Å²) < 4.78 is 39.5. The molecule has 3 aromatic rings. The molecule has 4 rings (SSSR count). The van der Waals surface area contributed by atoms with E-state index in [-0.39, 0.29) is 12.5 Å². The van der Waals surface area contributed by atoms with Crippen molar-refractivity contribution in [3.63, 3.8) is 0 Å². The molecule has 1 aromatic carbocycles. The molecule has 5 nitrogen and oxygen atoms in total. The molecular formula is C19H18F2N2O3. The van der Waals surface area contributed by atoms with Gasteiger partial charge in [-0.05, 0) is 24.6 Å². The fourth-order valence-corrected chi connectivity index (χ4v) is 3.26. The molecule has 0 N–H and O–H groups in total. The van der Waals surface area contributed by atoms with Gasteiger partial charge in [0.15, 0.2) is 17.2 Å². The number of hydrogen-bond donors (Lipinski definition) is 0. The van der Waals surface area contributed by atoms with Crippen LogP contribution in [0.4, 0.5) is 8.78 Å². The number of furan rings is 1. The van der Waals surface area contributed by atoms with Gasteiger partial charge >= 0.3 is 0 Å². The van der Waals surface area contributed by atoms with Gasteiger partial charge in [0.1, 0.15) is 11.5 Å². The van der Waals surface area contributed by atoms with Crippen LogP contribution in [0.25, 0.3) is 11.1 Å². The SMILES string of the molecule is Cc1cc2c(cc(C(=O)N3CCOCC3)n2Cc2ccc(F)c(F)c2)o1. The molecule has 7 heteroatoms. The molecule has 0 aliphatic carbocycles. The first kappa shape index (κ1) is 16.8. The largest absolute Gasteiger partial charge is 0.460 e. The molecule has 3 heterocycles. The molecule has 136 valence electrons. The van der Waals surface area contributed by atoms with Gasteiger partial charge in [0.05, 0.1) is 18.7 Å². The van der Waals surface area contributed by atoms with Gasteiger partial charge in [-0.1, -0.05) is 6.07 Å². The number of hydrogen-bond acceptors (Lipinski definition) is 3. The average molecular weight is 360 g/mol. The maximum absolute atomic E-state index is 13.6. The summed E-state index contributed by atoms with van der Waals surface area (Å²) in [5.41, 5.74) is 2.38. The summed E-state index contributed by atoms with van der Waals surface area (Å²) in [5, 5.41) is 0. The van der Waals surface area contributed by atoms with Crippen molar-refractivity contribution >= 4 is 17.0 Å². The lowest BCUT2D eigenvalue weighted by Gasteiger charge is -2.27. The van der Waals surface area contributed by atoms with Crippen LogP contribution in [0.5, 0.6) is 0 Å². The molecular weight excluding hydrogens is 342 g/mol. The minimum atomic E-state index is -0.907. The van der Waals surface area contributed by atoms with E-state index in [4.69, 9.17) is 9.15 Å². The van der Waals surface area contributed by atoms with E-state index in [1.165, 1.54) is 6.07 Å². The van der Waals surface area contributed by atoms with E-state index in [0.29, 0.717) is 43.1 Å². The van der Waals surface area contributed by atoms with Gasteiger partial charge in [0.2, 0.25) is 0 Å². The van der Waals surface area contributed by atoms with Crippen LogP contribution in [-0.4, -0.2) is 41.7 Å². The number of rotatable bonds is 3. The van der Waals surface area contributed by atoms with Crippen molar-refractivity contribution in [1.82, 2.24) is 9.47 Å². The maximum atomic E-state index is 13.6. The Morgan fingerprint density at radius 1 is 1.12 bits per heavy atom. The minimum Gasteiger partial charge on any atom is -0.460 e. The summed E-state index contributed by atoms with van der Waals surface area (Å²) in [7, 11) is 0. The van der Waals surface area contributed by atoms with Crippen molar-refractivity contribution in [3.05, 3.63) is 59.0 Å². The molecule has 1 saturated heterocycles. The van der Waals surface area contributed by atoms with Crippen LogP contribution in [-0.2, 0) is 11.3 Å². The summed E-state index contributed by atoms with van der Waals surface area (Å²) in [6.45, 7) is 4.12. The first-order valence-corrected chi connectivity index (χ1v) is 8.43. The van der Waals surface area contributed by atoms with E-state index in [2.05, 4.69) is 0 Å². The average Bonchev–Trinajstić information content (AvgIpc) is 3.15. The summed E-state index contributed by atoms with van der Waals surface area (Å²) >= 11 is 0. The molecule has 26 heavy (non-hydrogen) atoms. The molecule has 1 amide bonds. The van der Waals surface area contributed by atoms with Crippen molar-refractivity contribution in [2.45, 2.75) is 13.5 Å². The number of morpholine rings is 1. The zero-order chi connectivity index (χ0) is 18.3. The first-order chi connectivity index (χ1) is 12.5. The Morgan fingerprint density at radius 3 is 2.62 bits per heavy atom. The van der Waals surface area contributed by atoms with Gasteiger partial charge in [0, 0.05) is 31.8 Å². The smallest absolute Gasteiger partial charge is 0.270 e. The van der Waals surface area contributed by atoms with Crippen LogP contribution in [0.15, 0.2) is 34.7 Å². The number of ether oxygens (including phenoxy) is 1. The Bertz CT molecular complexity index is 971. The van der Waals surface area contributed by atoms with E-state index in [0.717, 1.165) is 23.4 Å². The fraction of sp³-hybridized carbons (Fsp3) is 0.316. The molecule has 0 spiro atoms. The highest BCUT2D eigenvalue weighted by atomic mass is 19.2. The summed E-state index contributed by atoms with van der Waals surface area (Å²) in [6, 6.07) is 7.30. The molecule has 0 saturated carbocycles. The van der Waals surface area contributed by atoms with Gasteiger partial charge < -0.3 is 18.6 Å². The maximum Gasteiger partial charge on any atom is 0.270 e. The Morgan fingerprint density at radius 2 is 1.88 bits per heavy atom. The highest BCUT2D eigenvalue weighted by molar-refractivity contribution is 5.97. The third-order valence-corrected chi connectivity index (χ3v) is 4.55. The number of carbonyl (C=O) groups is 1. The second-order valence-electron chi connectivity index (χ2n) is 6.38. The predicted octanol–water partition coefficient (Wildman–Crippen LogP) is 3.34. The summed E-state index contributed by atoms with van der Waals surface area (Å²) in [4.78, 5) is 14.7. The van der Waals surface area contributed by atoms with Crippen LogP contribution < -0.4 is 0 Å². The third-order valence-electron chi connectivity index (χ3n) is 4.55.